The first-order chi connectivity index (χ1) is 16.1. The second-order valence-electron chi connectivity index (χ2n) is 7.35. The molecule has 0 aliphatic heterocycles. The first-order valence-electron chi connectivity index (χ1n) is 10.4. The van der Waals surface area contributed by atoms with E-state index in [9.17, 15) is 4.79 Å². The highest BCUT2D eigenvalue weighted by Crippen LogP contribution is 2.28. The number of nitrogens with zero attached hydrogens (tertiary/aromatic N) is 2. The molecule has 3 aromatic carbocycles. The maximum atomic E-state index is 13.5. The molecule has 0 aliphatic carbocycles. The molecule has 0 N–H and O–H groups in total. The van der Waals surface area contributed by atoms with E-state index in [1.807, 2.05) is 84.9 Å². The van der Waals surface area contributed by atoms with Crippen molar-refractivity contribution in [3.8, 4) is 22.8 Å². The van der Waals surface area contributed by atoms with Crippen molar-refractivity contribution in [1.82, 2.24) is 9.55 Å². The SMILES string of the molecule is COc1ccc(Cn2c(-c3ccc(OC)cc3)c(Cl)nc(/C=C/c3ccccc3)c2=O)cc1. The zero-order valence-corrected chi connectivity index (χ0v) is 19.1. The smallest absolute Gasteiger partial charge is 0.277 e. The summed E-state index contributed by atoms with van der Waals surface area (Å²) in [6, 6.07) is 24.7. The number of halogens is 1. The zero-order chi connectivity index (χ0) is 23.2. The summed E-state index contributed by atoms with van der Waals surface area (Å²) in [4.78, 5) is 18.0. The number of hydrogen-bond donors (Lipinski definition) is 0. The number of benzene rings is 3. The molecule has 0 unspecified atom stereocenters. The van der Waals surface area contributed by atoms with Crippen LogP contribution in [0.2, 0.25) is 5.15 Å². The van der Waals surface area contributed by atoms with Gasteiger partial charge in [-0.25, -0.2) is 4.98 Å². The summed E-state index contributed by atoms with van der Waals surface area (Å²) in [6.07, 6.45) is 3.55. The molecule has 0 spiro atoms. The number of aromatic nitrogens is 2. The van der Waals surface area contributed by atoms with Gasteiger partial charge in [-0.2, -0.15) is 0 Å². The molecule has 4 aromatic rings. The lowest BCUT2D eigenvalue weighted by Gasteiger charge is -2.16. The van der Waals surface area contributed by atoms with Gasteiger partial charge in [-0.05, 0) is 53.6 Å². The third-order valence-electron chi connectivity index (χ3n) is 5.24. The fraction of sp³-hybridized carbons (Fsp3) is 0.111. The highest BCUT2D eigenvalue weighted by atomic mass is 35.5. The molecular formula is C27H23ClN2O3. The van der Waals surface area contributed by atoms with Crippen molar-refractivity contribution in [2.75, 3.05) is 14.2 Å². The third-order valence-corrected chi connectivity index (χ3v) is 5.51. The summed E-state index contributed by atoms with van der Waals surface area (Å²) in [5.41, 5.74) is 3.28. The maximum Gasteiger partial charge on any atom is 0.277 e. The molecule has 0 aliphatic rings. The van der Waals surface area contributed by atoms with Gasteiger partial charge in [0.15, 0.2) is 5.15 Å². The van der Waals surface area contributed by atoms with Crippen LogP contribution in [0.3, 0.4) is 0 Å². The van der Waals surface area contributed by atoms with Crippen molar-refractivity contribution in [2.45, 2.75) is 6.54 Å². The van der Waals surface area contributed by atoms with Gasteiger partial charge in [-0.15, -0.1) is 0 Å². The largest absolute Gasteiger partial charge is 0.497 e. The Bertz CT molecular complexity index is 1310. The highest BCUT2D eigenvalue weighted by Gasteiger charge is 2.17. The Balaban J connectivity index is 1.82. The second-order valence-corrected chi connectivity index (χ2v) is 7.71. The summed E-state index contributed by atoms with van der Waals surface area (Å²) in [6.45, 7) is 0.332. The maximum absolute atomic E-state index is 13.5. The molecule has 1 aromatic heterocycles. The number of rotatable bonds is 7. The number of hydrogen-bond acceptors (Lipinski definition) is 4. The Morgan fingerprint density at radius 2 is 1.45 bits per heavy atom. The van der Waals surface area contributed by atoms with Crippen LogP contribution < -0.4 is 15.0 Å². The third kappa shape index (κ3) is 5.16. The molecule has 1 heterocycles. The predicted molar refractivity (Wildman–Crippen MR) is 133 cm³/mol. The van der Waals surface area contributed by atoms with E-state index >= 15 is 0 Å². The summed E-state index contributed by atoms with van der Waals surface area (Å²) >= 11 is 6.65. The number of ether oxygens (including phenoxy) is 2. The van der Waals surface area contributed by atoms with Gasteiger partial charge in [0.1, 0.15) is 17.2 Å². The predicted octanol–water partition coefficient (Wildman–Crippen LogP) is 5.80. The van der Waals surface area contributed by atoms with Gasteiger partial charge in [-0.3, -0.25) is 9.36 Å². The summed E-state index contributed by atoms with van der Waals surface area (Å²) in [7, 11) is 3.23. The Kier molecular flexibility index (Phi) is 6.91. The van der Waals surface area contributed by atoms with E-state index < -0.39 is 0 Å². The van der Waals surface area contributed by atoms with Crippen LogP contribution in [0.4, 0.5) is 0 Å². The Hall–Kier alpha value is -3.83. The van der Waals surface area contributed by atoms with Crippen LogP contribution in [0.15, 0.2) is 83.7 Å². The molecule has 0 saturated carbocycles. The van der Waals surface area contributed by atoms with E-state index in [2.05, 4.69) is 4.98 Å². The van der Waals surface area contributed by atoms with Crippen LogP contribution in [0.1, 0.15) is 16.8 Å². The van der Waals surface area contributed by atoms with Crippen molar-refractivity contribution in [1.29, 1.82) is 0 Å². The summed E-state index contributed by atoms with van der Waals surface area (Å²) in [5.74, 6) is 1.47. The quantitative estimate of drug-likeness (QED) is 0.351. The molecule has 33 heavy (non-hydrogen) atoms. The van der Waals surface area contributed by atoms with Gasteiger partial charge in [-0.1, -0.05) is 60.1 Å². The van der Waals surface area contributed by atoms with Crippen LogP contribution >= 0.6 is 11.6 Å². The van der Waals surface area contributed by atoms with Gasteiger partial charge in [0.2, 0.25) is 0 Å². The normalized spacial score (nSPS) is 11.0. The molecule has 0 atom stereocenters. The fourth-order valence-corrected chi connectivity index (χ4v) is 3.80. The lowest BCUT2D eigenvalue weighted by Crippen LogP contribution is -2.26. The van der Waals surface area contributed by atoms with Crippen molar-refractivity contribution < 1.29 is 9.47 Å². The molecule has 4 rings (SSSR count). The second kappa shape index (κ2) is 10.2. The van der Waals surface area contributed by atoms with Gasteiger partial charge >= 0.3 is 0 Å². The lowest BCUT2D eigenvalue weighted by atomic mass is 10.1. The molecule has 0 saturated heterocycles. The van der Waals surface area contributed by atoms with Crippen molar-refractivity contribution in [2.24, 2.45) is 0 Å². The first-order valence-corrected chi connectivity index (χ1v) is 10.8. The van der Waals surface area contributed by atoms with Gasteiger partial charge < -0.3 is 9.47 Å². The van der Waals surface area contributed by atoms with Gasteiger partial charge in [0.25, 0.3) is 5.56 Å². The molecule has 5 nitrogen and oxygen atoms in total. The van der Waals surface area contributed by atoms with Crippen LogP contribution in [0.5, 0.6) is 11.5 Å². The zero-order valence-electron chi connectivity index (χ0n) is 18.4. The first kappa shape index (κ1) is 22.4. The Morgan fingerprint density at radius 3 is 2.06 bits per heavy atom. The molecule has 166 valence electrons. The average Bonchev–Trinajstić information content (AvgIpc) is 2.86. The van der Waals surface area contributed by atoms with Gasteiger partial charge in [0.05, 0.1) is 26.5 Å². The topological polar surface area (TPSA) is 53.4 Å². The van der Waals surface area contributed by atoms with Crippen molar-refractivity contribution in [3.05, 3.63) is 111 Å². The Labute approximate surface area is 197 Å². The summed E-state index contributed by atoms with van der Waals surface area (Å²) in [5, 5.41) is 0.251. The van der Waals surface area contributed by atoms with E-state index in [4.69, 9.17) is 21.1 Å². The minimum Gasteiger partial charge on any atom is -0.497 e. The van der Waals surface area contributed by atoms with E-state index in [1.165, 1.54) is 0 Å². The van der Waals surface area contributed by atoms with Crippen LogP contribution in [-0.2, 0) is 6.54 Å². The minimum atomic E-state index is -0.229. The van der Waals surface area contributed by atoms with E-state index in [0.29, 0.717) is 18.0 Å². The molecule has 6 heteroatoms. The molecule has 0 bridgehead atoms. The molecular weight excluding hydrogens is 436 g/mol. The van der Waals surface area contributed by atoms with Crippen LogP contribution in [-0.4, -0.2) is 23.8 Å². The lowest BCUT2D eigenvalue weighted by molar-refractivity contribution is 0.414. The molecule has 0 amide bonds. The van der Waals surface area contributed by atoms with Crippen LogP contribution in [0, 0.1) is 0 Å². The Morgan fingerprint density at radius 1 is 0.848 bits per heavy atom. The monoisotopic (exact) mass is 458 g/mol. The standard InChI is InChI=1S/C27H23ClN2O3/c1-32-22-13-8-20(9-14-22)18-30-25(21-11-15-23(33-2)16-12-21)26(28)29-24(27(30)31)17-10-19-6-4-3-5-7-19/h3-17H,18H2,1-2H3/b17-10+. The fourth-order valence-electron chi connectivity index (χ4n) is 3.49. The number of methoxy groups -OCH3 is 2. The van der Waals surface area contributed by atoms with E-state index in [-0.39, 0.29) is 16.4 Å². The average molecular weight is 459 g/mol. The van der Waals surface area contributed by atoms with Crippen LogP contribution in [0.25, 0.3) is 23.4 Å². The van der Waals surface area contributed by atoms with Crippen molar-refractivity contribution in [3.63, 3.8) is 0 Å². The highest BCUT2D eigenvalue weighted by molar-refractivity contribution is 6.31. The summed E-state index contributed by atoms with van der Waals surface area (Å²) < 4.78 is 12.2. The van der Waals surface area contributed by atoms with Crippen molar-refractivity contribution >= 4 is 23.8 Å². The molecule has 0 radical (unpaired) electrons. The van der Waals surface area contributed by atoms with E-state index in [1.54, 1.807) is 24.9 Å². The van der Waals surface area contributed by atoms with E-state index in [0.717, 1.165) is 22.4 Å². The van der Waals surface area contributed by atoms with Gasteiger partial charge in [0, 0.05) is 5.56 Å². The minimum absolute atomic E-state index is 0.229. The molecule has 0 fully saturated rings.